The Balaban J connectivity index is 2.02. The molecule has 0 bridgehead atoms. The van der Waals surface area contributed by atoms with E-state index in [0.29, 0.717) is 11.6 Å². The van der Waals surface area contributed by atoms with E-state index in [9.17, 15) is 4.79 Å². The summed E-state index contributed by atoms with van der Waals surface area (Å²) in [5, 5.41) is 3.48. The van der Waals surface area contributed by atoms with Crippen LogP contribution in [-0.2, 0) is 4.79 Å². The molecular weight excluding hydrogens is 258 g/mol. The quantitative estimate of drug-likeness (QED) is 0.882. The number of nitrogens with zero attached hydrogens (tertiary/aromatic N) is 1. The lowest BCUT2D eigenvalue weighted by Crippen LogP contribution is -2.26. The minimum atomic E-state index is -0.0679. The molecule has 1 aromatic carbocycles. The monoisotopic (exact) mass is 277 g/mol. The Morgan fingerprint density at radius 2 is 2.32 bits per heavy atom. The Morgan fingerprint density at radius 3 is 3.05 bits per heavy atom. The third-order valence-corrected chi connectivity index (χ3v) is 3.83. The van der Waals surface area contributed by atoms with Crippen LogP contribution in [0.2, 0.25) is 0 Å². The van der Waals surface area contributed by atoms with Crippen molar-refractivity contribution in [3.05, 3.63) is 23.8 Å². The molecule has 0 saturated carbocycles. The van der Waals surface area contributed by atoms with Gasteiger partial charge in [-0.15, -0.1) is 0 Å². The summed E-state index contributed by atoms with van der Waals surface area (Å²) >= 11 is 1.50. The maximum absolute atomic E-state index is 11.8. The Bertz CT molecular complexity index is 579. The number of hydrogen-bond donors (Lipinski definition) is 2. The maximum Gasteiger partial charge on any atom is 0.227 e. The zero-order valence-electron chi connectivity index (χ0n) is 11.3. The number of amides is 1. The average molecular weight is 277 g/mol. The number of nitrogens with one attached hydrogen (secondary N) is 1. The summed E-state index contributed by atoms with van der Waals surface area (Å²) in [5.41, 5.74) is 7.97. The number of aromatic nitrogens is 1. The van der Waals surface area contributed by atoms with Crippen LogP contribution in [0, 0.1) is 6.92 Å². The molecule has 0 aliphatic carbocycles. The largest absolute Gasteiger partial charge is 0.327 e. The highest BCUT2D eigenvalue weighted by Gasteiger charge is 2.11. The van der Waals surface area contributed by atoms with Gasteiger partial charge in [-0.25, -0.2) is 4.98 Å². The van der Waals surface area contributed by atoms with Crippen LogP contribution in [0.25, 0.3) is 10.2 Å². The number of rotatable bonds is 5. The zero-order chi connectivity index (χ0) is 13.8. The first-order valence-electron chi connectivity index (χ1n) is 6.51. The molecule has 1 atom stereocenters. The van der Waals surface area contributed by atoms with Gasteiger partial charge in [-0.1, -0.05) is 30.7 Å². The molecule has 0 aliphatic rings. The van der Waals surface area contributed by atoms with Gasteiger partial charge >= 0.3 is 0 Å². The Hall–Kier alpha value is -1.46. The van der Waals surface area contributed by atoms with Crippen LogP contribution < -0.4 is 11.1 Å². The molecule has 1 aromatic heterocycles. The van der Waals surface area contributed by atoms with Gasteiger partial charge in [0.1, 0.15) is 0 Å². The first-order chi connectivity index (χ1) is 9.08. The van der Waals surface area contributed by atoms with Gasteiger partial charge in [0.25, 0.3) is 0 Å². The van der Waals surface area contributed by atoms with Gasteiger partial charge < -0.3 is 11.1 Å². The Kier molecular flexibility index (Phi) is 4.50. The van der Waals surface area contributed by atoms with Crippen molar-refractivity contribution in [2.24, 2.45) is 5.73 Å². The summed E-state index contributed by atoms with van der Waals surface area (Å²) in [6.07, 6.45) is 2.21. The van der Waals surface area contributed by atoms with Gasteiger partial charge in [0.15, 0.2) is 5.13 Å². The molecule has 19 heavy (non-hydrogen) atoms. The summed E-state index contributed by atoms with van der Waals surface area (Å²) in [4.78, 5) is 16.2. The van der Waals surface area contributed by atoms with Crippen molar-refractivity contribution in [3.8, 4) is 0 Å². The van der Waals surface area contributed by atoms with Gasteiger partial charge in [0.05, 0.1) is 10.2 Å². The fourth-order valence-electron chi connectivity index (χ4n) is 1.97. The molecule has 0 radical (unpaired) electrons. The predicted octanol–water partition coefficient (Wildman–Crippen LogP) is 3.06. The minimum Gasteiger partial charge on any atom is -0.327 e. The highest BCUT2D eigenvalue weighted by molar-refractivity contribution is 7.22. The molecule has 5 heteroatoms. The molecule has 0 fully saturated rings. The van der Waals surface area contributed by atoms with E-state index in [1.165, 1.54) is 16.9 Å². The molecular formula is C14H19N3OS. The summed E-state index contributed by atoms with van der Waals surface area (Å²) < 4.78 is 1.09. The lowest BCUT2D eigenvalue weighted by molar-refractivity contribution is -0.116. The second-order valence-electron chi connectivity index (χ2n) is 4.79. The molecule has 4 nitrogen and oxygen atoms in total. The molecule has 1 amide bonds. The lowest BCUT2D eigenvalue weighted by Gasteiger charge is -2.08. The van der Waals surface area contributed by atoms with Gasteiger partial charge in [-0.2, -0.15) is 0 Å². The van der Waals surface area contributed by atoms with Crippen molar-refractivity contribution >= 4 is 32.6 Å². The van der Waals surface area contributed by atoms with E-state index >= 15 is 0 Å². The van der Waals surface area contributed by atoms with E-state index in [1.807, 2.05) is 19.1 Å². The average Bonchev–Trinajstić information content (AvgIpc) is 2.70. The number of anilines is 1. The van der Waals surface area contributed by atoms with Crippen LogP contribution in [0.4, 0.5) is 5.13 Å². The molecule has 2 rings (SSSR count). The molecule has 102 valence electrons. The minimum absolute atomic E-state index is 0.0586. The van der Waals surface area contributed by atoms with Gasteiger partial charge in [0, 0.05) is 12.5 Å². The predicted molar refractivity (Wildman–Crippen MR) is 80.5 cm³/mol. The van der Waals surface area contributed by atoms with Crippen LogP contribution in [0.15, 0.2) is 18.2 Å². The molecule has 1 unspecified atom stereocenters. The van der Waals surface area contributed by atoms with E-state index in [-0.39, 0.29) is 11.9 Å². The van der Waals surface area contributed by atoms with Gasteiger partial charge in [0.2, 0.25) is 5.91 Å². The summed E-state index contributed by atoms with van der Waals surface area (Å²) in [6.45, 7) is 4.11. The van der Waals surface area contributed by atoms with E-state index < -0.39 is 0 Å². The van der Waals surface area contributed by atoms with Crippen molar-refractivity contribution < 1.29 is 4.79 Å². The zero-order valence-corrected chi connectivity index (χ0v) is 12.1. The normalized spacial score (nSPS) is 12.6. The van der Waals surface area contributed by atoms with Gasteiger partial charge in [-0.3, -0.25) is 4.79 Å². The highest BCUT2D eigenvalue weighted by Crippen LogP contribution is 2.26. The third-order valence-electron chi connectivity index (χ3n) is 2.90. The smallest absolute Gasteiger partial charge is 0.227 e. The third kappa shape index (κ3) is 3.75. The molecule has 2 aromatic rings. The maximum atomic E-state index is 11.8. The highest BCUT2D eigenvalue weighted by atomic mass is 32.1. The molecule has 1 heterocycles. The van der Waals surface area contributed by atoms with Crippen LogP contribution in [-0.4, -0.2) is 16.9 Å². The number of nitrogens with two attached hydrogens (primary N) is 1. The number of thiazole rings is 1. The number of carbonyl (C=O) groups is 1. The van der Waals surface area contributed by atoms with Crippen molar-refractivity contribution in [2.45, 2.75) is 39.2 Å². The molecule has 0 aliphatic heterocycles. The number of benzene rings is 1. The van der Waals surface area contributed by atoms with Crippen LogP contribution in [0.1, 0.15) is 31.7 Å². The molecule has 0 saturated heterocycles. The van der Waals surface area contributed by atoms with E-state index in [1.54, 1.807) is 0 Å². The van der Waals surface area contributed by atoms with Crippen LogP contribution in [0.3, 0.4) is 0 Å². The van der Waals surface area contributed by atoms with E-state index in [2.05, 4.69) is 23.3 Å². The van der Waals surface area contributed by atoms with Crippen molar-refractivity contribution in [2.75, 3.05) is 5.32 Å². The summed E-state index contributed by atoms with van der Waals surface area (Å²) in [6, 6.07) is 6.00. The topological polar surface area (TPSA) is 68.0 Å². The summed E-state index contributed by atoms with van der Waals surface area (Å²) in [7, 11) is 0. The second kappa shape index (κ2) is 6.12. The SMILES string of the molecule is CCCC(N)CC(=O)Nc1nc2ccc(C)cc2s1. The van der Waals surface area contributed by atoms with Crippen molar-refractivity contribution in [1.29, 1.82) is 0 Å². The van der Waals surface area contributed by atoms with Crippen LogP contribution in [0.5, 0.6) is 0 Å². The number of fused-ring (bicyclic) bond motifs is 1. The lowest BCUT2D eigenvalue weighted by atomic mass is 10.1. The van der Waals surface area contributed by atoms with Crippen LogP contribution >= 0.6 is 11.3 Å². The number of aryl methyl sites for hydroxylation is 1. The molecule has 0 spiro atoms. The second-order valence-corrected chi connectivity index (χ2v) is 5.82. The standard InChI is InChI=1S/C14H19N3OS/c1-3-4-10(15)8-13(18)17-14-16-11-6-5-9(2)7-12(11)19-14/h5-7,10H,3-4,8,15H2,1-2H3,(H,16,17,18). The van der Waals surface area contributed by atoms with E-state index in [0.717, 1.165) is 23.1 Å². The molecule has 3 N–H and O–H groups in total. The Morgan fingerprint density at radius 1 is 1.53 bits per heavy atom. The first kappa shape index (κ1) is 14.0. The Labute approximate surface area is 117 Å². The van der Waals surface area contributed by atoms with Gasteiger partial charge in [-0.05, 0) is 31.0 Å². The fourth-order valence-corrected chi connectivity index (χ4v) is 2.95. The first-order valence-corrected chi connectivity index (χ1v) is 7.32. The fraction of sp³-hybridized carbons (Fsp3) is 0.429. The summed E-state index contributed by atoms with van der Waals surface area (Å²) in [5.74, 6) is -0.0586. The number of hydrogen-bond acceptors (Lipinski definition) is 4. The van der Waals surface area contributed by atoms with Crippen molar-refractivity contribution in [3.63, 3.8) is 0 Å². The van der Waals surface area contributed by atoms with E-state index in [4.69, 9.17) is 5.73 Å². The number of carbonyl (C=O) groups excluding carboxylic acids is 1. The van der Waals surface area contributed by atoms with Crippen molar-refractivity contribution in [1.82, 2.24) is 4.98 Å².